The molecule has 7 heteroatoms. The molecular weight excluding hydrogens is 413 g/mol. The Hall–Kier alpha value is -2.11. The Balaban J connectivity index is 1.52. The van der Waals surface area contributed by atoms with Gasteiger partial charge in [-0.15, -0.1) is 0 Å². The fourth-order valence-electron chi connectivity index (χ4n) is 3.82. The number of amides is 1. The first kappa shape index (κ1) is 20.2. The summed E-state index contributed by atoms with van der Waals surface area (Å²) in [5.41, 5.74) is 2.28. The van der Waals surface area contributed by atoms with Crippen LogP contribution in [0.1, 0.15) is 37.4 Å². The minimum Gasteiger partial charge on any atom is -0.490 e. The summed E-state index contributed by atoms with van der Waals surface area (Å²) in [6, 6.07) is 8.95. The molecule has 2 aromatic rings. The minimum atomic E-state index is -0.668. The van der Waals surface area contributed by atoms with E-state index in [1.165, 1.54) is 5.56 Å². The number of nitrogens with zero attached hydrogens (tertiary/aromatic N) is 1. The predicted octanol–water partition coefficient (Wildman–Crippen LogP) is 5.07. The van der Waals surface area contributed by atoms with Gasteiger partial charge in [-0.25, -0.2) is 0 Å². The third kappa shape index (κ3) is 4.12. The largest absolute Gasteiger partial charge is 0.490 e. The topological polar surface area (TPSA) is 48.0 Å². The third-order valence-electron chi connectivity index (χ3n) is 5.38. The fraction of sp³-hybridized carbons (Fsp3) is 0.409. The Kier molecular flexibility index (Phi) is 5.79. The zero-order valence-electron chi connectivity index (χ0n) is 16.4. The SMILES string of the molecule is C[C@@H](Oc1ccc(Cl)cc1Cl)C(=O)N1CCc2cc3c(cc2[C@@H]1C)OCCCO3. The molecule has 0 N–H and O–H groups in total. The van der Waals surface area contributed by atoms with Gasteiger partial charge in [0.2, 0.25) is 0 Å². The highest BCUT2D eigenvalue weighted by molar-refractivity contribution is 6.35. The maximum atomic E-state index is 13.1. The second kappa shape index (κ2) is 8.33. The van der Waals surface area contributed by atoms with Crippen LogP contribution >= 0.6 is 23.2 Å². The number of hydrogen-bond donors (Lipinski definition) is 0. The van der Waals surface area contributed by atoms with Gasteiger partial charge in [-0.05, 0) is 61.7 Å². The summed E-state index contributed by atoms with van der Waals surface area (Å²) in [7, 11) is 0. The molecule has 2 atom stereocenters. The van der Waals surface area contributed by atoms with Gasteiger partial charge >= 0.3 is 0 Å². The van der Waals surface area contributed by atoms with Gasteiger partial charge in [-0.2, -0.15) is 0 Å². The smallest absolute Gasteiger partial charge is 0.263 e. The second-order valence-corrected chi connectivity index (χ2v) is 8.18. The van der Waals surface area contributed by atoms with Crippen LogP contribution < -0.4 is 14.2 Å². The second-order valence-electron chi connectivity index (χ2n) is 7.34. The van der Waals surface area contributed by atoms with Crippen LogP contribution in [-0.2, 0) is 11.2 Å². The van der Waals surface area contributed by atoms with E-state index in [1.54, 1.807) is 25.1 Å². The molecular formula is C22H23Cl2NO4. The van der Waals surface area contributed by atoms with Gasteiger partial charge in [0.25, 0.3) is 5.91 Å². The van der Waals surface area contributed by atoms with E-state index in [9.17, 15) is 4.79 Å². The van der Waals surface area contributed by atoms with Gasteiger partial charge in [0, 0.05) is 18.0 Å². The van der Waals surface area contributed by atoms with Crippen LogP contribution in [0.5, 0.6) is 17.2 Å². The summed E-state index contributed by atoms with van der Waals surface area (Å²) in [6.45, 7) is 5.68. The van der Waals surface area contributed by atoms with Crippen molar-refractivity contribution >= 4 is 29.1 Å². The monoisotopic (exact) mass is 435 g/mol. The minimum absolute atomic E-state index is 0.0822. The standard InChI is InChI=1S/C22H23Cl2NO4/c1-13-17-12-21-20(27-8-3-9-28-21)10-15(17)6-7-25(13)22(26)14(2)29-19-5-4-16(23)11-18(19)24/h4-5,10-14H,3,6-9H2,1-2H3/t13-,14+/m0/s1. The number of fused-ring (bicyclic) bond motifs is 2. The molecule has 4 rings (SSSR count). The Morgan fingerprint density at radius 2 is 1.90 bits per heavy atom. The van der Waals surface area contributed by atoms with Crippen molar-refractivity contribution in [1.29, 1.82) is 0 Å². The van der Waals surface area contributed by atoms with Crippen molar-refractivity contribution in [2.75, 3.05) is 19.8 Å². The Morgan fingerprint density at radius 1 is 1.17 bits per heavy atom. The van der Waals surface area contributed by atoms with Crippen LogP contribution in [0.2, 0.25) is 10.0 Å². The molecule has 0 radical (unpaired) electrons. The quantitative estimate of drug-likeness (QED) is 0.675. The summed E-state index contributed by atoms with van der Waals surface area (Å²) >= 11 is 12.1. The third-order valence-corrected chi connectivity index (χ3v) is 5.91. The molecule has 2 heterocycles. The molecule has 0 bridgehead atoms. The normalized spacial score (nSPS) is 19.2. The molecule has 0 aromatic heterocycles. The number of ether oxygens (including phenoxy) is 3. The van der Waals surface area contributed by atoms with Gasteiger partial charge in [0.15, 0.2) is 17.6 Å². The molecule has 5 nitrogen and oxygen atoms in total. The molecule has 2 aliphatic heterocycles. The van der Waals surface area contributed by atoms with Crippen LogP contribution in [-0.4, -0.2) is 36.7 Å². The van der Waals surface area contributed by atoms with Crippen LogP contribution in [0.25, 0.3) is 0 Å². The molecule has 0 fully saturated rings. The molecule has 2 aliphatic rings. The van der Waals surface area contributed by atoms with E-state index in [0.717, 1.165) is 29.9 Å². The van der Waals surface area contributed by atoms with Crippen LogP contribution in [0, 0.1) is 0 Å². The van der Waals surface area contributed by atoms with Crippen molar-refractivity contribution in [3.63, 3.8) is 0 Å². The van der Waals surface area contributed by atoms with Gasteiger partial charge in [-0.1, -0.05) is 23.2 Å². The highest BCUT2D eigenvalue weighted by atomic mass is 35.5. The Bertz CT molecular complexity index is 933. The van der Waals surface area contributed by atoms with E-state index < -0.39 is 6.10 Å². The van der Waals surface area contributed by atoms with Gasteiger partial charge < -0.3 is 19.1 Å². The summed E-state index contributed by atoms with van der Waals surface area (Å²) in [5.74, 6) is 1.90. The molecule has 1 amide bonds. The first-order valence-electron chi connectivity index (χ1n) is 9.78. The van der Waals surface area contributed by atoms with Crippen molar-refractivity contribution in [2.45, 2.75) is 38.8 Å². The molecule has 0 unspecified atom stereocenters. The first-order chi connectivity index (χ1) is 13.9. The van der Waals surface area contributed by atoms with Crippen LogP contribution in [0.3, 0.4) is 0 Å². The molecule has 154 valence electrons. The molecule has 0 spiro atoms. The van der Waals surface area contributed by atoms with Crippen molar-refractivity contribution in [1.82, 2.24) is 4.90 Å². The van der Waals surface area contributed by atoms with Crippen molar-refractivity contribution in [3.8, 4) is 17.2 Å². The maximum Gasteiger partial charge on any atom is 0.263 e. The highest BCUT2D eigenvalue weighted by Crippen LogP contribution is 2.39. The molecule has 0 saturated heterocycles. The Morgan fingerprint density at radius 3 is 2.62 bits per heavy atom. The van der Waals surface area contributed by atoms with E-state index in [1.807, 2.05) is 17.9 Å². The van der Waals surface area contributed by atoms with Gasteiger partial charge in [-0.3, -0.25) is 4.79 Å². The lowest BCUT2D eigenvalue weighted by Gasteiger charge is -2.37. The zero-order chi connectivity index (χ0) is 20.5. The van der Waals surface area contributed by atoms with Gasteiger partial charge in [0.1, 0.15) is 5.75 Å². The summed E-state index contributed by atoms with van der Waals surface area (Å²) in [6.07, 6.45) is 0.955. The van der Waals surface area contributed by atoms with E-state index in [-0.39, 0.29) is 11.9 Å². The molecule has 0 aliphatic carbocycles. The number of carbonyl (C=O) groups excluding carboxylic acids is 1. The van der Waals surface area contributed by atoms with E-state index in [4.69, 9.17) is 37.4 Å². The van der Waals surface area contributed by atoms with E-state index in [2.05, 4.69) is 6.07 Å². The van der Waals surface area contributed by atoms with E-state index >= 15 is 0 Å². The average Bonchev–Trinajstić information content (AvgIpc) is 2.93. The Labute approximate surface area is 180 Å². The fourth-order valence-corrected chi connectivity index (χ4v) is 4.27. The number of benzene rings is 2. The predicted molar refractivity (Wildman–Crippen MR) is 112 cm³/mol. The lowest BCUT2D eigenvalue weighted by molar-refractivity contribution is -0.140. The zero-order valence-corrected chi connectivity index (χ0v) is 17.9. The van der Waals surface area contributed by atoms with Gasteiger partial charge in [0.05, 0.1) is 24.3 Å². The number of rotatable bonds is 3. The molecule has 29 heavy (non-hydrogen) atoms. The van der Waals surface area contributed by atoms with Crippen molar-refractivity contribution in [3.05, 3.63) is 51.5 Å². The molecule has 0 saturated carbocycles. The summed E-state index contributed by atoms with van der Waals surface area (Å²) < 4.78 is 17.5. The first-order valence-corrected chi connectivity index (χ1v) is 10.5. The summed E-state index contributed by atoms with van der Waals surface area (Å²) in [5, 5.41) is 0.905. The number of carbonyl (C=O) groups is 1. The summed E-state index contributed by atoms with van der Waals surface area (Å²) in [4.78, 5) is 15.0. The highest BCUT2D eigenvalue weighted by Gasteiger charge is 2.32. The lowest BCUT2D eigenvalue weighted by Crippen LogP contribution is -2.45. The van der Waals surface area contributed by atoms with Crippen molar-refractivity contribution < 1.29 is 19.0 Å². The maximum absolute atomic E-state index is 13.1. The average molecular weight is 436 g/mol. The van der Waals surface area contributed by atoms with Crippen LogP contribution in [0.4, 0.5) is 0 Å². The number of hydrogen-bond acceptors (Lipinski definition) is 4. The van der Waals surface area contributed by atoms with Crippen LogP contribution in [0.15, 0.2) is 30.3 Å². The lowest BCUT2D eigenvalue weighted by atomic mass is 9.92. The number of halogens is 2. The van der Waals surface area contributed by atoms with Crippen molar-refractivity contribution in [2.24, 2.45) is 0 Å². The molecule has 2 aromatic carbocycles. The van der Waals surface area contributed by atoms with E-state index in [0.29, 0.717) is 35.6 Å².